The van der Waals surface area contributed by atoms with E-state index in [1.54, 1.807) is 23.6 Å². The minimum absolute atomic E-state index is 0.00317. The molecule has 3 rings (SSSR count). The van der Waals surface area contributed by atoms with Crippen molar-refractivity contribution in [1.29, 1.82) is 0 Å². The molecule has 0 atom stereocenters. The van der Waals surface area contributed by atoms with Gasteiger partial charge in [-0.1, -0.05) is 18.2 Å². The second kappa shape index (κ2) is 5.95. The van der Waals surface area contributed by atoms with Crippen molar-refractivity contribution < 1.29 is 17.2 Å². The number of nitrogens with one attached hydrogen (secondary N) is 1. The Morgan fingerprint density at radius 1 is 1.18 bits per heavy atom. The van der Waals surface area contributed by atoms with E-state index in [1.807, 2.05) is 0 Å². The minimum Gasteiger partial charge on any atom is -0.419 e. The molecule has 0 radical (unpaired) electrons. The Kier molecular flexibility index (Phi) is 4.01. The summed E-state index contributed by atoms with van der Waals surface area (Å²) in [5, 5.41) is 9.10. The average Bonchev–Trinajstić information content (AvgIpc) is 3.18. The van der Waals surface area contributed by atoms with E-state index in [9.17, 15) is 12.8 Å². The molecule has 1 N–H and O–H groups in total. The maximum Gasteiger partial charge on any atom is 0.250 e. The highest BCUT2D eigenvalue weighted by Crippen LogP contribution is 2.21. The summed E-state index contributed by atoms with van der Waals surface area (Å²) in [5.41, 5.74) is 0.169. The Morgan fingerprint density at radius 2 is 2.00 bits per heavy atom. The molecule has 0 aliphatic carbocycles. The summed E-state index contributed by atoms with van der Waals surface area (Å²) in [6.45, 7) is -0.165. The van der Waals surface area contributed by atoms with Gasteiger partial charge in [-0.05, 0) is 23.6 Å². The molecule has 0 fully saturated rings. The first-order valence-electron chi connectivity index (χ1n) is 6.17. The SMILES string of the molecule is O=S(=O)(NCc1nnc(-c2ccccc2F)o1)c1cccs1. The molecule has 6 nitrogen and oxygen atoms in total. The van der Waals surface area contributed by atoms with Crippen molar-refractivity contribution in [3.8, 4) is 11.5 Å². The number of halogens is 1. The quantitative estimate of drug-likeness (QED) is 0.771. The standard InChI is InChI=1S/C13H10FN3O3S2/c14-10-5-2-1-4-9(10)13-17-16-11(20-13)8-15-22(18,19)12-6-3-7-21-12/h1-7,15H,8H2. The van der Waals surface area contributed by atoms with Gasteiger partial charge in [0.2, 0.25) is 5.89 Å². The van der Waals surface area contributed by atoms with Gasteiger partial charge in [0, 0.05) is 0 Å². The molecule has 0 bridgehead atoms. The largest absolute Gasteiger partial charge is 0.419 e. The van der Waals surface area contributed by atoms with Crippen molar-refractivity contribution in [2.24, 2.45) is 0 Å². The van der Waals surface area contributed by atoms with Crippen molar-refractivity contribution in [2.75, 3.05) is 0 Å². The number of hydrogen-bond acceptors (Lipinski definition) is 6. The molecule has 0 aliphatic heterocycles. The second-order valence-corrected chi connectivity index (χ2v) is 7.18. The van der Waals surface area contributed by atoms with Crippen LogP contribution in [0.15, 0.2) is 50.4 Å². The highest BCUT2D eigenvalue weighted by molar-refractivity contribution is 7.91. The molecular formula is C13H10FN3O3S2. The first kappa shape index (κ1) is 14.8. The number of hydrogen-bond donors (Lipinski definition) is 1. The third kappa shape index (κ3) is 3.06. The zero-order chi connectivity index (χ0) is 15.6. The average molecular weight is 339 g/mol. The summed E-state index contributed by atoms with van der Waals surface area (Å²) >= 11 is 1.10. The normalized spacial score (nSPS) is 11.7. The lowest BCUT2D eigenvalue weighted by atomic mass is 10.2. The van der Waals surface area contributed by atoms with Gasteiger partial charge in [0.1, 0.15) is 10.0 Å². The molecule has 2 heterocycles. The lowest BCUT2D eigenvalue weighted by Gasteiger charge is -2.01. The van der Waals surface area contributed by atoms with Crippen LogP contribution < -0.4 is 4.72 Å². The van der Waals surface area contributed by atoms with Crippen LogP contribution in [-0.2, 0) is 16.6 Å². The van der Waals surface area contributed by atoms with E-state index in [-0.39, 0.29) is 28.1 Å². The van der Waals surface area contributed by atoms with Gasteiger partial charge >= 0.3 is 0 Å². The zero-order valence-corrected chi connectivity index (χ0v) is 12.7. The van der Waals surface area contributed by atoms with Gasteiger partial charge in [-0.15, -0.1) is 21.5 Å². The van der Waals surface area contributed by atoms with E-state index in [1.165, 1.54) is 18.2 Å². The lowest BCUT2D eigenvalue weighted by molar-refractivity contribution is 0.491. The monoisotopic (exact) mass is 339 g/mol. The number of thiophene rings is 1. The minimum atomic E-state index is -3.61. The Morgan fingerprint density at radius 3 is 2.73 bits per heavy atom. The van der Waals surface area contributed by atoms with Crippen molar-refractivity contribution in [2.45, 2.75) is 10.8 Å². The Bertz CT molecular complexity index is 876. The van der Waals surface area contributed by atoms with E-state index in [4.69, 9.17) is 4.42 Å². The summed E-state index contributed by atoms with van der Waals surface area (Å²) in [6, 6.07) is 9.10. The van der Waals surface area contributed by atoms with Crippen molar-refractivity contribution >= 4 is 21.4 Å². The number of sulfonamides is 1. The Hall–Kier alpha value is -2.10. The van der Waals surface area contributed by atoms with Crippen LogP contribution in [0, 0.1) is 5.82 Å². The smallest absolute Gasteiger partial charge is 0.250 e. The highest BCUT2D eigenvalue weighted by atomic mass is 32.2. The van der Waals surface area contributed by atoms with E-state index >= 15 is 0 Å². The topological polar surface area (TPSA) is 85.1 Å². The van der Waals surface area contributed by atoms with E-state index in [0.29, 0.717) is 0 Å². The molecule has 0 saturated heterocycles. The summed E-state index contributed by atoms with van der Waals surface area (Å²) in [4.78, 5) is 0. The molecule has 0 unspecified atom stereocenters. The molecule has 22 heavy (non-hydrogen) atoms. The molecule has 114 valence electrons. The maximum absolute atomic E-state index is 13.6. The van der Waals surface area contributed by atoms with Crippen molar-refractivity contribution in [3.05, 3.63) is 53.5 Å². The lowest BCUT2D eigenvalue weighted by Crippen LogP contribution is -2.22. The van der Waals surface area contributed by atoms with Gasteiger partial charge in [-0.2, -0.15) is 0 Å². The predicted octanol–water partition coefficient (Wildman–Crippen LogP) is 2.42. The molecule has 0 saturated carbocycles. The summed E-state index contributed by atoms with van der Waals surface area (Å²) in [6.07, 6.45) is 0. The summed E-state index contributed by atoms with van der Waals surface area (Å²) in [5.74, 6) is -0.432. The Labute approximate surface area is 129 Å². The van der Waals surface area contributed by atoms with Crippen LogP contribution in [0.2, 0.25) is 0 Å². The third-order valence-electron chi connectivity index (χ3n) is 2.74. The van der Waals surface area contributed by atoms with Crippen LogP contribution in [0.1, 0.15) is 5.89 Å². The van der Waals surface area contributed by atoms with E-state index < -0.39 is 15.8 Å². The van der Waals surface area contributed by atoms with Gasteiger partial charge in [0.25, 0.3) is 15.9 Å². The molecule has 9 heteroatoms. The second-order valence-electron chi connectivity index (χ2n) is 4.24. The van der Waals surface area contributed by atoms with Crippen LogP contribution in [0.5, 0.6) is 0 Å². The highest BCUT2D eigenvalue weighted by Gasteiger charge is 2.17. The van der Waals surface area contributed by atoms with Gasteiger partial charge in [-0.25, -0.2) is 17.5 Å². The van der Waals surface area contributed by atoms with Crippen LogP contribution in [0.3, 0.4) is 0 Å². The number of benzene rings is 1. The predicted molar refractivity (Wildman–Crippen MR) is 78.0 cm³/mol. The van der Waals surface area contributed by atoms with Gasteiger partial charge in [0.05, 0.1) is 12.1 Å². The summed E-state index contributed by atoms with van der Waals surface area (Å²) < 4.78 is 45.3. The van der Waals surface area contributed by atoms with Crippen LogP contribution >= 0.6 is 11.3 Å². The van der Waals surface area contributed by atoms with Gasteiger partial charge < -0.3 is 4.42 Å². The fourth-order valence-corrected chi connectivity index (χ4v) is 3.72. The first-order valence-corrected chi connectivity index (χ1v) is 8.53. The maximum atomic E-state index is 13.6. The first-order chi connectivity index (χ1) is 10.6. The fourth-order valence-electron chi connectivity index (χ4n) is 1.71. The number of aromatic nitrogens is 2. The van der Waals surface area contributed by atoms with Gasteiger partial charge in [-0.3, -0.25) is 0 Å². The molecule has 2 aromatic heterocycles. The zero-order valence-electron chi connectivity index (χ0n) is 11.1. The van der Waals surface area contributed by atoms with Crippen molar-refractivity contribution in [1.82, 2.24) is 14.9 Å². The van der Waals surface area contributed by atoms with Crippen LogP contribution in [0.25, 0.3) is 11.5 Å². The molecule has 0 amide bonds. The van der Waals surface area contributed by atoms with Crippen LogP contribution in [0.4, 0.5) is 4.39 Å². The van der Waals surface area contributed by atoms with Crippen LogP contribution in [-0.4, -0.2) is 18.6 Å². The molecule has 3 aromatic rings. The molecular weight excluding hydrogens is 329 g/mol. The molecule has 0 aliphatic rings. The number of rotatable bonds is 5. The van der Waals surface area contributed by atoms with E-state index in [2.05, 4.69) is 14.9 Å². The van der Waals surface area contributed by atoms with Crippen molar-refractivity contribution in [3.63, 3.8) is 0 Å². The van der Waals surface area contributed by atoms with Gasteiger partial charge in [0.15, 0.2) is 0 Å². The third-order valence-corrected chi connectivity index (χ3v) is 5.54. The molecule has 0 spiro atoms. The number of nitrogens with zero attached hydrogens (tertiary/aromatic N) is 2. The molecule has 1 aromatic carbocycles. The fraction of sp³-hybridized carbons (Fsp3) is 0.0769. The van der Waals surface area contributed by atoms with E-state index in [0.717, 1.165) is 11.3 Å². The summed E-state index contributed by atoms with van der Waals surface area (Å²) in [7, 11) is -3.61. The Balaban J connectivity index is 1.74.